The molecule has 7 heteroatoms. The summed E-state index contributed by atoms with van der Waals surface area (Å²) >= 11 is 0. The molecular formula is C28H29N3O4. The molecule has 1 aromatic heterocycles. The van der Waals surface area contributed by atoms with Crippen molar-refractivity contribution in [1.82, 2.24) is 14.8 Å². The average molecular weight is 472 g/mol. The Morgan fingerprint density at radius 1 is 1.00 bits per heavy atom. The van der Waals surface area contributed by atoms with Crippen molar-refractivity contribution >= 4 is 12.0 Å². The van der Waals surface area contributed by atoms with E-state index in [2.05, 4.69) is 11.9 Å². The van der Waals surface area contributed by atoms with Crippen molar-refractivity contribution in [1.29, 1.82) is 0 Å². The van der Waals surface area contributed by atoms with Gasteiger partial charge in [0.05, 0.1) is 6.54 Å². The zero-order valence-corrected chi connectivity index (χ0v) is 19.8. The van der Waals surface area contributed by atoms with Gasteiger partial charge in [0.1, 0.15) is 16.9 Å². The van der Waals surface area contributed by atoms with Crippen LogP contribution in [0, 0.1) is 0 Å². The second kappa shape index (κ2) is 9.41. The summed E-state index contributed by atoms with van der Waals surface area (Å²) in [5.41, 5.74) is 0.458. The number of benzene rings is 2. The largest absolute Gasteiger partial charge is 0.484 e. The molecule has 2 aromatic carbocycles. The molecule has 2 aliphatic rings. The maximum atomic E-state index is 13.3. The van der Waals surface area contributed by atoms with Crippen molar-refractivity contribution in [2.75, 3.05) is 19.7 Å². The highest BCUT2D eigenvalue weighted by atomic mass is 16.6. The van der Waals surface area contributed by atoms with Crippen LogP contribution in [0.15, 0.2) is 85.2 Å². The summed E-state index contributed by atoms with van der Waals surface area (Å²) in [6.45, 7) is 3.45. The first-order valence-corrected chi connectivity index (χ1v) is 11.9. The predicted octanol–water partition coefficient (Wildman–Crippen LogP) is 4.39. The van der Waals surface area contributed by atoms with E-state index in [4.69, 9.17) is 9.47 Å². The molecule has 0 saturated carbocycles. The minimum Gasteiger partial charge on any atom is -0.484 e. The highest BCUT2D eigenvalue weighted by Gasteiger charge is 2.64. The maximum absolute atomic E-state index is 13.3. The summed E-state index contributed by atoms with van der Waals surface area (Å²) in [4.78, 5) is 34.1. The molecular weight excluding hydrogens is 442 g/mol. The highest BCUT2D eigenvalue weighted by Crippen LogP contribution is 2.52. The molecule has 7 nitrogen and oxygen atoms in total. The van der Waals surface area contributed by atoms with E-state index >= 15 is 0 Å². The topological polar surface area (TPSA) is 72.0 Å². The van der Waals surface area contributed by atoms with E-state index in [1.165, 1.54) is 0 Å². The minimum atomic E-state index is -0.765. The number of hydrogen-bond acceptors (Lipinski definition) is 5. The summed E-state index contributed by atoms with van der Waals surface area (Å²) in [5.74, 6) is 0.594. The number of aromatic nitrogens is 1. The van der Waals surface area contributed by atoms with Crippen LogP contribution >= 0.6 is 0 Å². The lowest BCUT2D eigenvalue weighted by Crippen LogP contribution is -2.59. The number of para-hydroxylation sites is 1. The van der Waals surface area contributed by atoms with E-state index in [0.717, 1.165) is 11.1 Å². The van der Waals surface area contributed by atoms with Gasteiger partial charge in [0.15, 0.2) is 6.61 Å². The van der Waals surface area contributed by atoms with Gasteiger partial charge >= 0.3 is 6.09 Å². The van der Waals surface area contributed by atoms with Crippen molar-refractivity contribution in [2.45, 2.75) is 37.5 Å². The van der Waals surface area contributed by atoms with Crippen LogP contribution in [0.4, 0.5) is 4.79 Å². The Labute approximate surface area is 205 Å². The fraction of sp³-hybridized carbons (Fsp3) is 0.321. The van der Waals surface area contributed by atoms with Crippen molar-refractivity contribution in [3.8, 4) is 5.75 Å². The van der Waals surface area contributed by atoms with E-state index in [9.17, 15) is 9.59 Å². The number of rotatable bonds is 6. The van der Waals surface area contributed by atoms with Crippen LogP contribution in [0.5, 0.6) is 5.75 Å². The van der Waals surface area contributed by atoms with Gasteiger partial charge in [-0.3, -0.25) is 14.7 Å². The Balaban J connectivity index is 1.36. The Morgan fingerprint density at radius 2 is 1.69 bits per heavy atom. The van der Waals surface area contributed by atoms with Gasteiger partial charge in [-0.05, 0) is 36.2 Å². The number of carbonyl (C=O) groups excluding carboxylic acids is 2. The minimum absolute atomic E-state index is 0.0171. The number of nitrogens with zero attached hydrogens (tertiary/aromatic N) is 3. The molecule has 2 amide bonds. The molecule has 3 aromatic rings. The lowest BCUT2D eigenvalue weighted by molar-refractivity contribution is -0.139. The number of likely N-dealkylation sites (tertiary alicyclic amines) is 1. The van der Waals surface area contributed by atoms with Crippen LogP contribution in [0.1, 0.15) is 30.9 Å². The van der Waals surface area contributed by atoms with Crippen molar-refractivity contribution < 1.29 is 19.1 Å². The van der Waals surface area contributed by atoms with E-state index in [0.29, 0.717) is 38.2 Å². The van der Waals surface area contributed by atoms with Gasteiger partial charge in [0.25, 0.3) is 5.91 Å². The Morgan fingerprint density at radius 3 is 2.34 bits per heavy atom. The third kappa shape index (κ3) is 4.22. The van der Waals surface area contributed by atoms with Crippen LogP contribution in [0.2, 0.25) is 0 Å². The van der Waals surface area contributed by atoms with Gasteiger partial charge in [-0.2, -0.15) is 0 Å². The highest BCUT2D eigenvalue weighted by molar-refractivity contribution is 5.78. The molecule has 5 rings (SSSR count). The molecule has 0 radical (unpaired) electrons. The van der Waals surface area contributed by atoms with Gasteiger partial charge in [-0.25, -0.2) is 4.79 Å². The fourth-order valence-corrected chi connectivity index (χ4v) is 5.27. The molecule has 2 saturated heterocycles. The third-order valence-electron chi connectivity index (χ3n) is 7.37. The summed E-state index contributed by atoms with van der Waals surface area (Å²) < 4.78 is 11.8. The van der Waals surface area contributed by atoms with E-state index < -0.39 is 11.1 Å². The Bertz CT molecular complexity index is 1160. The Kier molecular flexibility index (Phi) is 6.16. The molecule has 1 spiro atoms. The van der Waals surface area contributed by atoms with Crippen molar-refractivity contribution in [3.05, 3.63) is 96.3 Å². The molecule has 2 aliphatic heterocycles. The molecule has 180 valence electrons. The third-order valence-corrected chi connectivity index (χ3v) is 7.37. The van der Waals surface area contributed by atoms with E-state index in [-0.39, 0.29) is 18.6 Å². The van der Waals surface area contributed by atoms with Crippen LogP contribution in [0.3, 0.4) is 0 Å². The first kappa shape index (κ1) is 22.9. The second-order valence-electron chi connectivity index (χ2n) is 9.23. The van der Waals surface area contributed by atoms with Crippen LogP contribution in [-0.2, 0) is 21.6 Å². The molecule has 0 bridgehead atoms. The van der Waals surface area contributed by atoms with Crippen LogP contribution < -0.4 is 4.74 Å². The molecule has 0 aliphatic carbocycles. The van der Waals surface area contributed by atoms with Crippen molar-refractivity contribution in [2.24, 2.45) is 0 Å². The summed E-state index contributed by atoms with van der Waals surface area (Å²) in [7, 11) is 0. The average Bonchev–Trinajstić information content (AvgIpc) is 3.11. The SMILES string of the molecule is CC1(c2cccnc2)N(Cc2ccccc2)C(=O)OC12CCN(C(=O)COc1ccccc1)CC2. The molecule has 2 fully saturated rings. The molecule has 0 N–H and O–H groups in total. The second-order valence-corrected chi connectivity index (χ2v) is 9.23. The zero-order chi connectivity index (χ0) is 24.3. The lowest BCUT2D eigenvalue weighted by atomic mass is 9.70. The number of hydrogen-bond donors (Lipinski definition) is 0. The maximum Gasteiger partial charge on any atom is 0.411 e. The summed E-state index contributed by atoms with van der Waals surface area (Å²) in [6.07, 6.45) is 4.27. The predicted molar refractivity (Wildman–Crippen MR) is 131 cm³/mol. The smallest absolute Gasteiger partial charge is 0.411 e. The van der Waals surface area contributed by atoms with Crippen LogP contribution in [-0.4, -0.2) is 52.1 Å². The number of piperidine rings is 1. The summed E-state index contributed by atoms with van der Waals surface area (Å²) in [5, 5.41) is 0. The quantitative estimate of drug-likeness (QED) is 0.533. The van der Waals surface area contributed by atoms with Gasteiger partial charge in [-0.1, -0.05) is 54.6 Å². The number of ether oxygens (including phenoxy) is 2. The first-order chi connectivity index (χ1) is 17.0. The molecule has 3 heterocycles. The fourth-order valence-electron chi connectivity index (χ4n) is 5.27. The monoisotopic (exact) mass is 471 g/mol. The standard InChI is InChI=1S/C28H29N3O4/c1-27(23-11-8-16-29-19-23)28(35-26(33)31(27)20-22-9-4-2-5-10-22)14-17-30(18-15-28)25(32)21-34-24-12-6-3-7-13-24/h2-13,16,19H,14-15,17-18,20-21H2,1H3. The summed E-state index contributed by atoms with van der Waals surface area (Å²) in [6, 6.07) is 23.1. The van der Waals surface area contributed by atoms with Crippen molar-refractivity contribution in [3.63, 3.8) is 0 Å². The lowest BCUT2D eigenvalue weighted by Gasteiger charge is -2.48. The molecule has 1 unspecified atom stereocenters. The first-order valence-electron chi connectivity index (χ1n) is 11.9. The normalized spacial score (nSPS) is 21.1. The number of carbonyl (C=O) groups is 2. The van der Waals surface area contributed by atoms with Gasteiger partial charge < -0.3 is 14.4 Å². The van der Waals surface area contributed by atoms with Gasteiger partial charge in [-0.15, -0.1) is 0 Å². The van der Waals surface area contributed by atoms with Gasteiger partial charge in [0, 0.05) is 38.3 Å². The molecule has 1 atom stereocenters. The zero-order valence-electron chi connectivity index (χ0n) is 19.8. The number of pyridine rings is 1. The Hall–Kier alpha value is -3.87. The van der Waals surface area contributed by atoms with Crippen LogP contribution in [0.25, 0.3) is 0 Å². The van der Waals surface area contributed by atoms with E-state index in [1.807, 2.05) is 83.9 Å². The molecule has 35 heavy (non-hydrogen) atoms. The number of amides is 2. The van der Waals surface area contributed by atoms with Gasteiger partial charge in [0.2, 0.25) is 0 Å². The van der Waals surface area contributed by atoms with E-state index in [1.54, 1.807) is 11.1 Å².